The Bertz CT molecular complexity index is 796. The highest BCUT2D eigenvalue weighted by atomic mass is 16.7. The fourth-order valence-electron chi connectivity index (χ4n) is 3.84. The number of hydrogen-bond acceptors (Lipinski definition) is 5. The SMILES string of the molecule is CC=CN1C(=O)[C@@H](N2C(=O)c3ccccc3C2=O)[C@H]1[C@@H]1COC(C)(C)O1. The number of β-lactam (4-membered cyclic amide) rings is 1. The van der Waals surface area contributed by atoms with Gasteiger partial charge in [-0.1, -0.05) is 18.2 Å². The molecule has 0 bridgehead atoms. The minimum atomic E-state index is -0.888. The third kappa shape index (κ3) is 2.31. The molecule has 26 heavy (non-hydrogen) atoms. The largest absolute Gasteiger partial charge is 0.348 e. The number of ether oxygens (including phenoxy) is 2. The number of likely N-dealkylation sites (tertiary alicyclic amines) is 1. The maximum absolute atomic E-state index is 12.8. The van der Waals surface area contributed by atoms with Crippen molar-refractivity contribution in [2.75, 3.05) is 6.61 Å². The van der Waals surface area contributed by atoms with Gasteiger partial charge in [0.15, 0.2) is 5.79 Å². The molecule has 3 aliphatic heterocycles. The number of amides is 3. The van der Waals surface area contributed by atoms with Crippen LogP contribution in [-0.4, -0.2) is 58.1 Å². The average Bonchev–Trinajstić information content (AvgIpc) is 3.09. The molecule has 3 amide bonds. The van der Waals surface area contributed by atoms with Crippen molar-refractivity contribution >= 4 is 17.7 Å². The highest BCUT2D eigenvalue weighted by Crippen LogP contribution is 2.38. The van der Waals surface area contributed by atoms with Crippen LogP contribution in [0, 0.1) is 0 Å². The summed E-state index contributed by atoms with van der Waals surface area (Å²) in [7, 11) is 0. The molecular formula is C19H20N2O5. The standard InChI is InChI=1S/C19H20N2O5/c1-4-9-20-14(13-10-25-19(2,3)26-13)15(18(20)24)21-16(22)11-7-5-6-8-12(11)17(21)23/h4-9,13-15H,10H2,1-3H3/t13-,14+,15-/m0/s1. The second-order valence-corrected chi connectivity index (χ2v) is 7.06. The van der Waals surface area contributed by atoms with Crippen molar-refractivity contribution in [3.8, 4) is 0 Å². The summed E-state index contributed by atoms with van der Waals surface area (Å²) >= 11 is 0. The van der Waals surface area contributed by atoms with E-state index in [1.807, 2.05) is 0 Å². The monoisotopic (exact) mass is 356 g/mol. The number of nitrogens with zero attached hydrogens (tertiary/aromatic N) is 2. The number of imide groups is 1. The molecular weight excluding hydrogens is 336 g/mol. The Balaban J connectivity index is 1.68. The van der Waals surface area contributed by atoms with Crippen molar-refractivity contribution in [3.05, 3.63) is 47.7 Å². The highest BCUT2D eigenvalue weighted by molar-refractivity contribution is 6.23. The first kappa shape index (κ1) is 16.9. The summed E-state index contributed by atoms with van der Waals surface area (Å²) in [6, 6.07) is 5.27. The minimum Gasteiger partial charge on any atom is -0.348 e. The third-order valence-corrected chi connectivity index (χ3v) is 4.98. The number of allylic oxidation sites excluding steroid dienone is 1. The van der Waals surface area contributed by atoms with Gasteiger partial charge < -0.3 is 14.4 Å². The summed E-state index contributed by atoms with van der Waals surface area (Å²) in [6.45, 7) is 5.68. The number of benzene rings is 1. The lowest BCUT2D eigenvalue weighted by Gasteiger charge is -2.49. The summed E-state index contributed by atoms with van der Waals surface area (Å²) in [5, 5.41) is 0. The molecule has 7 heteroatoms. The van der Waals surface area contributed by atoms with Gasteiger partial charge in [0.2, 0.25) is 0 Å². The Labute approximate surface area is 151 Å². The molecule has 136 valence electrons. The molecule has 3 aliphatic rings. The summed E-state index contributed by atoms with van der Waals surface area (Å²) in [4.78, 5) is 40.9. The molecule has 0 aromatic heterocycles. The first-order valence-corrected chi connectivity index (χ1v) is 8.59. The molecule has 1 aromatic rings. The fourth-order valence-corrected chi connectivity index (χ4v) is 3.84. The van der Waals surface area contributed by atoms with Gasteiger partial charge >= 0.3 is 0 Å². The van der Waals surface area contributed by atoms with E-state index in [-0.39, 0.29) is 5.91 Å². The van der Waals surface area contributed by atoms with E-state index in [0.717, 1.165) is 4.90 Å². The lowest BCUT2D eigenvalue weighted by Crippen LogP contribution is -2.73. The zero-order valence-electron chi connectivity index (χ0n) is 14.8. The van der Waals surface area contributed by atoms with Gasteiger partial charge in [0, 0.05) is 6.20 Å². The second kappa shape index (κ2) is 5.75. The van der Waals surface area contributed by atoms with E-state index in [1.165, 1.54) is 4.90 Å². The first-order chi connectivity index (χ1) is 12.4. The van der Waals surface area contributed by atoms with E-state index in [9.17, 15) is 14.4 Å². The molecule has 1 aromatic carbocycles. The van der Waals surface area contributed by atoms with Crippen molar-refractivity contribution in [2.24, 2.45) is 0 Å². The summed E-state index contributed by atoms with van der Waals surface area (Å²) in [6.07, 6.45) is 2.97. The topological polar surface area (TPSA) is 76.2 Å². The van der Waals surface area contributed by atoms with Gasteiger partial charge in [-0.05, 0) is 32.9 Å². The molecule has 0 unspecified atom stereocenters. The lowest BCUT2D eigenvalue weighted by molar-refractivity contribution is -0.172. The van der Waals surface area contributed by atoms with Crippen molar-refractivity contribution in [1.29, 1.82) is 0 Å². The number of carbonyl (C=O) groups is 3. The molecule has 0 saturated carbocycles. The molecule has 7 nitrogen and oxygen atoms in total. The van der Waals surface area contributed by atoms with Gasteiger partial charge in [-0.15, -0.1) is 0 Å². The molecule has 3 heterocycles. The van der Waals surface area contributed by atoms with Crippen molar-refractivity contribution in [3.63, 3.8) is 0 Å². The van der Waals surface area contributed by atoms with Gasteiger partial charge in [-0.3, -0.25) is 19.3 Å². The van der Waals surface area contributed by atoms with Gasteiger partial charge in [0.05, 0.1) is 23.8 Å². The smallest absolute Gasteiger partial charge is 0.262 e. The van der Waals surface area contributed by atoms with Crippen molar-refractivity contribution in [2.45, 2.75) is 44.7 Å². The van der Waals surface area contributed by atoms with Crippen LogP contribution in [0.2, 0.25) is 0 Å². The zero-order valence-corrected chi connectivity index (χ0v) is 14.8. The molecule has 0 N–H and O–H groups in total. The second-order valence-electron chi connectivity index (χ2n) is 7.06. The van der Waals surface area contributed by atoms with Crippen LogP contribution in [-0.2, 0) is 14.3 Å². The molecule has 2 saturated heterocycles. The van der Waals surface area contributed by atoms with Crippen LogP contribution in [0.4, 0.5) is 0 Å². The predicted molar refractivity (Wildman–Crippen MR) is 91.1 cm³/mol. The van der Waals surface area contributed by atoms with Gasteiger partial charge in [0.25, 0.3) is 17.7 Å². The predicted octanol–water partition coefficient (Wildman–Crippen LogP) is 1.55. The Hall–Kier alpha value is -2.51. The minimum absolute atomic E-state index is 0.290. The van der Waals surface area contributed by atoms with Crippen molar-refractivity contribution < 1.29 is 23.9 Å². The van der Waals surface area contributed by atoms with E-state index in [0.29, 0.717) is 17.7 Å². The Morgan fingerprint density at radius 1 is 1.12 bits per heavy atom. The van der Waals surface area contributed by atoms with E-state index in [4.69, 9.17) is 9.47 Å². The van der Waals surface area contributed by atoms with Crippen LogP contribution in [0.5, 0.6) is 0 Å². The van der Waals surface area contributed by atoms with Gasteiger partial charge in [0.1, 0.15) is 12.1 Å². The summed E-state index contributed by atoms with van der Waals surface area (Å²) in [5.74, 6) is -1.94. The third-order valence-electron chi connectivity index (χ3n) is 4.98. The van der Waals surface area contributed by atoms with E-state index in [2.05, 4.69) is 0 Å². The Kier molecular flexibility index (Phi) is 3.75. The number of fused-ring (bicyclic) bond motifs is 1. The van der Waals surface area contributed by atoms with Crippen LogP contribution in [0.25, 0.3) is 0 Å². The quantitative estimate of drug-likeness (QED) is 0.607. The maximum atomic E-state index is 12.8. The first-order valence-electron chi connectivity index (χ1n) is 8.59. The van der Waals surface area contributed by atoms with Crippen LogP contribution in [0.15, 0.2) is 36.5 Å². The van der Waals surface area contributed by atoms with Gasteiger partial charge in [-0.2, -0.15) is 0 Å². The lowest BCUT2D eigenvalue weighted by atomic mass is 9.89. The molecule has 4 rings (SSSR count). The van der Waals surface area contributed by atoms with Crippen LogP contribution in [0.1, 0.15) is 41.5 Å². The summed E-state index contributed by atoms with van der Waals surface area (Å²) in [5.41, 5.74) is 0.662. The number of hydrogen-bond donors (Lipinski definition) is 0. The summed E-state index contributed by atoms with van der Waals surface area (Å²) < 4.78 is 11.5. The highest BCUT2D eigenvalue weighted by Gasteiger charge is 2.60. The molecule has 2 fully saturated rings. The van der Waals surface area contributed by atoms with Crippen LogP contribution in [0.3, 0.4) is 0 Å². The molecule has 3 atom stereocenters. The van der Waals surface area contributed by atoms with Crippen LogP contribution < -0.4 is 0 Å². The Morgan fingerprint density at radius 2 is 1.73 bits per heavy atom. The van der Waals surface area contributed by atoms with Crippen LogP contribution >= 0.6 is 0 Å². The number of rotatable bonds is 3. The average molecular weight is 356 g/mol. The molecule has 0 aliphatic carbocycles. The van der Waals surface area contributed by atoms with Crippen molar-refractivity contribution in [1.82, 2.24) is 9.80 Å². The van der Waals surface area contributed by atoms with E-state index >= 15 is 0 Å². The molecule has 0 spiro atoms. The fraction of sp³-hybridized carbons (Fsp3) is 0.421. The van der Waals surface area contributed by atoms with E-state index in [1.54, 1.807) is 57.3 Å². The Morgan fingerprint density at radius 3 is 2.23 bits per heavy atom. The zero-order chi connectivity index (χ0) is 18.6. The molecule has 0 radical (unpaired) electrons. The van der Waals surface area contributed by atoms with Gasteiger partial charge in [-0.25, -0.2) is 0 Å². The normalized spacial score (nSPS) is 30.3. The van der Waals surface area contributed by atoms with E-state index < -0.39 is 35.8 Å². The maximum Gasteiger partial charge on any atom is 0.262 e. The number of carbonyl (C=O) groups excluding carboxylic acids is 3.